The second-order valence-corrected chi connectivity index (χ2v) is 7.88. The number of carbonyl (C=O) groups excluding carboxylic acids is 2. The lowest BCUT2D eigenvalue weighted by Gasteiger charge is -2.09. The molecule has 0 radical (unpaired) electrons. The molecule has 3 nitrogen and oxygen atoms in total. The number of esters is 1. The number of rotatable bonds is 5. The molecule has 23 heavy (non-hydrogen) atoms. The Bertz CT molecular complexity index is 691. The molecule has 1 aliphatic rings. The van der Waals surface area contributed by atoms with E-state index in [1.807, 2.05) is 12.1 Å². The monoisotopic (exact) mass is 327 g/mol. The fourth-order valence-electron chi connectivity index (χ4n) is 2.64. The van der Waals surface area contributed by atoms with Gasteiger partial charge in [-0.1, -0.05) is 30.3 Å². The quantitative estimate of drug-likeness (QED) is 0.365. The summed E-state index contributed by atoms with van der Waals surface area (Å²) in [4.78, 5) is 24.8. The fraction of sp³-hybridized carbons (Fsp3) is 0.263. The number of ether oxygens (including phenoxy) is 1. The van der Waals surface area contributed by atoms with Crippen LogP contribution < -0.4 is 4.74 Å². The summed E-state index contributed by atoms with van der Waals surface area (Å²) in [6, 6.07) is 15.8. The van der Waals surface area contributed by atoms with Gasteiger partial charge in [-0.25, -0.2) is 4.79 Å². The van der Waals surface area contributed by atoms with Crippen molar-refractivity contribution in [3.63, 3.8) is 0 Å². The molecular formula is C19H19O3S+. The van der Waals surface area contributed by atoms with Gasteiger partial charge in [0.1, 0.15) is 17.3 Å². The normalized spacial score (nSPS) is 14.6. The Hall–Kier alpha value is -2.07. The number of Topliss-reactive ketones (excluding diaryl/α,β-unsaturated/α-hetero) is 1. The molecule has 0 atom stereocenters. The number of hydrogen-bond acceptors (Lipinski definition) is 3. The molecule has 0 unspecified atom stereocenters. The molecule has 0 amide bonds. The number of ketones is 1. The van der Waals surface area contributed by atoms with Gasteiger partial charge in [0.25, 0.3) is 0 Å². The summed E-state index contributed by atoms with van der Waals surface area (Å²) in [5.41, 5.74) is 0.989. The summed E-state index contributed by atoms with van der Waals surface area (Å²) in [6.45, 7) is 0. The fourth-order valence-corrected chi connectivity index (χ4v) is 4.88. The van der Waals surface area contributed by atoms with E-state index in [4.69, 9.17) is 4.74 Å². The van der Waals surface area contributed by atoms with Gasteiger partial charge in [0, 0.05) is 0 Å². The summed E-state index contributed by atoms with van der Waals surface area (Å²) in [6.07, 6.45) is 2.45. The zero-order chi connectivity index (χ0) is 16.1. The Morgan fingerprint density at radius 3 is 2.30 bits per heavy atom. The van der Waals surface area contributed by atoms with Crippen LogP contribution in [0.25, 0.3) is 0 Å². The summed E-state index contributed by atoms with van der Waals surface area (Å²) in [7, 11) is 0.195. The van der Waals surface area contributed by atoms with Crippen LogP contribution in [-0.2, 0) is 10.9 Å². The molecule has 1 saturated heterocycles. The second kappa shape index (κ2) is 7.47. The number of hydrogen-bond donors (Lipinski definition) is 0. The van der Waals surface area contributed by atoms with E-state index >= 15 is 0 Å². The maximum atomic E-state index is 12.6. The van der Waals surface area contributed by atoms with Gasteiger partial charge < -0.3 is 4.74 Å². The molecular weight excluding hydrogens is 308 g/mol. The van der Waals surface area contributed by atoms with Crippen LogP contribution in [0.15, 0.2) is 54.6 Å². The number of carbonyl (C=O) groups is 2. The smallest absolute Gasteiger partial charge is 0.343 e. The molecule has 2 aromatic carbocycles. The maximum absolute atomic E-state index is 12.6. The van der Waals surface area contributed by atoms with Crippen molar-refractivity contribution in [2.24, 2.45) is 0 Å². The summed E-state index contributed by atoms with van der Waals surface area (Å²) in [5.74, 6) is 2.87. The van der Waals surface area contributed by atoms with Gasteiger partial charge in [-0.15, -0.1) is 0 Å². The van der Waals surface area contributed by atoms with Crippen LogP contribution in [-0.4, -0.2) is 29.0 Å². The molecule has 2 aromatic rings. The molecule has 4 heteroatoms. The first-order valence-electron chi connectivity index (χ1n) is 7.77. The highest BCUT2D eigenvalue weighted by molar-refractivity contribution is 7.97. The van der Waals surface area contributed by atoms with Gasteiger partial charge in [0.15, 0.2) is 5.75 Å². The van der Waals surface area contributed by atoms with Gasteiger partial charge in [-0.2, -0.15) is 0 Å². The highest BCUT2D eigenvalue weighted by Gasteiger charge is 2.29. The minimum absolute atomic E-state index is 0.0756. The standard InChI is InChI=1S/C19H19O3S/c20-17(14-23-12-6-7-13-23)16-10-4-5-11-18(16)22-19(21)15-8-2-1-3-9-15/h1-5,8-11H,6-7,12-14H2/q+1. The van der Waals surface area contributed by atoms with E-state index in [0.717, 1.165) is 11.5 Å². The zero-order valence-electron chi connectivity index (χ0n) is 12.9. The average Bonchev–Trinajstić information content (AvgIpc) is 3.09. The topological polar surface area (TPSA) is 43.4 Å². The average molecular weight is 327 g/mol. The van der Waals surface area contributed by atoms with Crippen molar-refractivity contribution in [3.8, 4) is 5.75 Å². The van der Waals surface area contributed by atoms with E-state index in [1.54, 1.807) is 42.5 Å². The number of para-hydroxylation sites is 1. The van der Waals surface area contributed by atoms with Gasteiger partial charge in [0.2, 0.25) is 5.78 Å². The van der Waals surface area contributed by atoms with Crippen LogP contribution in [0.4, 0.5) is 0 Å². The lowest BCUT2D eigenvalue weighted by molar-refractivity contribution is 0.0733. The molecule has 0 N–H and O–H groups in total. The first-order valence-corrected chi connectivity index (χ1v) is 9.51. The minimum atomic E-state index is -0.436. The van der Waals surface area contributed by atoms with Crippen molar-refractivity contribution in [1.82, 2.24) is 0 Å². The highest BCUT2D eigenvalue weighted by Crippen LogP contribution is 2.22. The third-order valence-corrected chi connectivity index (χ3v) is 6.25. The molecule has 0 aromatic heterocycles. The lowest BCUT2D eigenvalue weighted by Crippen LogP contribution is -2.19. The van der Waals surface area contributed by atoms with Crippen molar-refractivity contribution in [1.29, 1.82) is 0 Å². The first kappa shape index (κ1) is 15.8. The van der Waals surface area contributed by atoms with Crippen LogP contribution in [0.3, 0.4) is 0 Å². The van der Waals surface area contributed by atoms with Gasteiger partial charge in [0.05, 0.1) is 11.1 Å². The van der Waals surface area contributed by atoms with Crippen LogP contribution >= 0.6 is 0 Å². The van der Waals surface area contributed by atoms with E-state index < -0.39 is 5.97 Å². The molecule has 0 saturated carbocycles. The van der Waals surface area contributed by atoms with Crippen molar-refractivity contribution in [2.45, 2.75) is 12.8 Å². The summed E-state index contributed by atoms with van der Waals surface area (Å²) < 4.78 is 5.46. The largest absolute Gasteiger partial charge is 0.422 e. The lowest BCUT2D eigenvalue weighted by atomic mass is 10.1. The summed E-state index contributed by atoms with van der Waals surface area (Å²) in [5, 5.41) is 0. The molecule has 1 heterocycles. The Morgan fingerprint density at radius 2 is 1.57 bits per heavy atom. The Balaban J connectivity index is 1.75. The minimum Gasteiger partial charge on any atom is -0.422 e. The second-order valence-electron chi connectivity index (χ2n) is 5.55. The van der Waals surface area contributed by atoms with Crippen LogP contribution in [0.2, 0.25) is 0 Å². The third kappa shape index (κ3) is 4.02. The first-order chi connectivity index (χ1) is 11.2. The SMILES string of the molecule is O=C(Oc1ccccc1C(=O)C[S+]1CCCC1)c1ccccc1. The van der Waals surface area contributed by atoms with E-state index in [1.165, 1.54) is 12.8 Å². The Labute approximate surface area is 139 Å². The Kier molecular flexibility index (Phi) is 5.13. The Morgan fingerprint density at radius 1 is 0.913 bits per heavy atom. The third-order valence-electron chi connectivity index (χ3n) is 3.85. The van der Waals surface area contributed by atoms with Crippen LogP contribution in [0, 0.1) is 0 Å². The van der Waals surface area contributed by atoms with Crippen molar-refractivity contribution < 1.29 is 14.3 Å². The predicted molar refractivity (Wildman–Crippen MR) is 93.4 cm³/mol. The maximum Gasteiger partial charge on any atom is 0.343 e. The predicted octanol–water partition coefficient (Wildman–Crippen LogP) is 3.50. The molecule has 118 valence electrons. The van der Waals surface area contributed by atoms with Gasteiger partial charge in [-0.3, -0.25) is 4.79 Å². The summed E-state index contributed by atoms with van der Waals surface area (Å²) >= 11 is 0. The molecule has 1 aliphatic heterocycles. The molecule has 0 aliphatic carbocycles. The molecule has 0 bridgehead atoms. The molecule has 0 spiro atoms. The van der Waals surface area contributed by atoms with Gasteiger partial charge in [-0.05, 0) is 48.0 Å². The molecule has 3 rings (SSSR count). The van der Waals surface area contributed by atoms with E-state index in [2.05, 4.69) is 0 Å². The van der Waals surface area contributed by atoms with Crippen molar-refractivity contribution >= 4 is 22.6 Å². The van der Waals surface area contributed by atoms with E-state index in [9.17, 15) is 9.59 Å². The van der Waals surface area contributed by atoms with E-state index in [-0.39, 0.29) is 16.7 Å². The zero-order valence-corrected chi connectivity index (χ0v) is 13.7. The van der Waals surface area contributed by atoms with Crippen LogP contribution in [0.5, 0.6) is 5.75 Å². The van der Waals surface area contributed by atoms with Crippen molar-refractivity contribution in [2.75, 3.05) is 17.3 Å². The van der Waals surface area contributed by atoms with Crippen molar-refractivity contribution in [3.05, 3.63) is 65.7 Å². The van der Waals surface area contributed by atoms with E-state index in [0.29, 0.717) is 22.6 Å². The molecule has 1 fully saturated rings. The van der Waals surface area contributed by atoms with Crippen LogP contribution in [0.1, 0.15) is 33.6 Å². The number of benzene rings is 2. The van der Waals surface area contributed by atoms with Gasteiger partial charge >= 0.3 is 5.97 Å². The highest BCUT2D eigenvalue weighted by atomic mass is 32.2.